The van der Waals surface area contributed by atoms with Crippen molar-refractivity contribution in [3.05, 3.63) is 24.3 Å². The summed E-state index contributed by atoms with van der Waals surface area (Å²) >= 11 is 0. The second-order valence-electron chi connectivity index (χ2n) is 6.12. The van der Waals surface area contributed by atoms with Crippen molar-refractivity contribution in [2.75, 3.05) is 31.1 Å². The molecule has 1 aromatic heterocycles. The Morgan fingerprint density at radius 3 is 3.00 bits per heavy atom. The van der Waals surface area contributed by atoms with Gasteiger partial charge in [-0.1, -0.05) is 19.1 Å². The van der Waals surface area contributed by atoms with Crippen LogP contribution in [0.3, 0.4) is 0 Å². The van der Waals surface area contributed by atoms with E-state index in [1.54, 1.807) is 0 Å². The van der Waals surface area contributed by atoms with Crippen LogP contribution in [0.4, 0.5) is 5.95 Å². The van der Waals surface area contributed by atoms with Gasteiger partial charge in [0.1, 0.15) is 0 Å². The Labute approximate surface area is 127 Å². The lowest BCUT2D eigenvalue weighted by Crippen LogP contribution is -2.40. The quantitative estimate of drug-likeness (QED) is 0.858. The first-order valence-corrected chi connectivity index (χ1v) is 8.16. The maximum absolute atomic E-state index is 4.84. The summed E-state index contributed by atoms with van der Waals surface area (Å²) < 4.78 is 2.23. The van der Waals surface area contributed by atoms with Gasteiger partial charge < -0.3 is 14.8 Å². The fourth-order valence-electron chi connectivity index (χ4n) is 3.31. The molecule has 1 aliphatic heterocycles. The second-order valence-corrected chi connectivity index (χ2v) is 6.12. The van der Waals surface area contributed by atoms with Crippen molar-refractivity contribution in [1.29, 1.82) is 0 Å². The molecule has 0 spiro atoms. The van der Waals surface area contributed by atoms with Crippen molar-refractivity contribution < 1.29 is 0 Å². The third-order valence-electron chi connectivity index (χ3n) is 4.43. The van der Waals surface area contributed by atoms with E-state index in [1.165, 1.54) is 24.8 Å². The van der Waals surface area contributed by atoms with Crippen LogP contribution in [-0.4, -0.2) is 35.7 Å². The van der Waals surface area contributed by atoms with Crippen molar-refractivity contribution in [3.63, 3.8) is 0 Å². The van der Waals surface area contributed by atoms with Crippen LogP contribution in [-0.2, 0) is 7.05 Å². The summed E-state index contributed by atoms with van der Waals surface area (Å²) in [6.07, 6.45) is 3.81. The van der Waals surface area contributed by atoms with Gasteiger partial charge in [0.15, 0.2) is 0 Å². The monoisotopic (exact) mass is 286 g/mol. The molecule has 4 nitrogen and oxygen atoms in total. The first-order chi connectivity index (χ1) is 10.3. The molecule has 0 aliphatic carbocycles. The zero-order valence-electron chi connectivity index (χ0n) is 13.2. The van der Waals surface area contributed by atoms with Gasteiger partial charge in [0.2, 0.25) is 5.95 Å². The standard InChI is InChI=1S/C17H26N4/c1-3-10-18-12-14-7-6-11-21(13-14)17-19-15-8-4-5-9-16(15)20(17)2/h4-5,8-9,14,18H,3,6-7,10-13H2,1-2H3. The third kappa shape index (κ3) is 3.05. The van der Waals surface area contributed by atoms with Crippen molar-refractivity contribution >= 4 is 17.0 Å². The lowest BCUT2D eigenvalue weighted by Gasteiger charge is -2.33. The molecule has 1 saturated heterocycles. The van der Waals surface area contributed by atoms with E-state index in [2.05, 4.69) is 53.0 Å². The third-order valence-corrected chi connectivity index (χ3v) is 4.43. The van der Waals surface area contributed by atoms with E-state index in [4.69, 9.17) is 4.98 Å². The topological polar surface area (TPSA) is 33.1 Å². The SMILES string of the molecule is CCCNCC1CCCN(c2nc3ccccc3n2C)C1. The summed E-state index contributed by atoms with van der Waals surface area (Å²) in [5, 5.41) is 3.56. The van der Waals surface area contributed by atoms with Gasteiger partial charge >= 0.3 is 0 Å². The number of benzene rings is 1. The highest BCUT2D eigenvalue weighted by atomic mass is 15.3. The zero-order valence-corrected chi connectivity index (χ0v) is 13.2. The van der Waals surface area contributed by atoms with Gasteiger partial charge in [-0.3, -0.25) is 0 Å². The van der Waals surface area contributed by atoms with Crippen LogP contribution in [0, 0.1) is 5.92 Å². The number of fused-ring (bicyclic) bond motifs is 1. The number of anilines is 1. The van der Waals surface area contributed by atoms with Crippen molar-refractivity contribution in [2.45, 2.75) is 26.2 Å². The number of piperidine rings is 1. The molecule has 0 bridgehead atoms. The molecule has 0 saturated carbocycles. The first kappa shape index (κ1) is 14.4. The van der Waals surface area contributed by atoms with Crippen LogP contribution in [0.2, 0.25) is 0 Å². The van der Waals surface area contributed by atoms with Crippen LogP contribution in [0.5, 0.6) is 0 Å². The highest BCUT2D eigenvalue weighted by Crippen LogP contribution is 2.25. The number of hydrogen-bond donors (Lipinski definition) is 1. The molecule has 2 aromatic rings. The molecular weight excluding hydrogens is 260 g/mol. The fraction of sp³-hybridized carbons (Fsp3) is 0.588. The first-order valence-electron chi connectivity index (χ1n) is 8.16. The number of imidazole rings is 1. The minimum absolute atomic E-state index is 0.741. The number of rotatable bonds is 5. The molecule has 4 heteroatoms. The van der Waals surface area contributed by atoms with Gasteiger partial charge in [-0.15, -0.1) is 0 Å². The number of hydrogen-bond acceptors (Lipinski definition) is 3. The number of nitrogens with one attached hydrogen (secondary N) is 1. The number of para-hydroxylation sites is 2. The minimum Gasteiger partial charge on any atom is -0.342 e. The van der Waals surface area contributed by atoms with Gasteiger partial charge in [-0.25, -0.2) is 4.98 Å². The lowest BCUT2D eigenvalue weighted by molar-refractivity contribution is 0.388. The van der Waals surface area contributed by atoms with Crippen LogP contribution in [0.25, 0.3) is 11.0 Å². The molecule has 2 heterocycles. The summed E-state index contributed by atoms with van der Waals surface area (Å²) in [5.74, 6) is 1.86. The van der Waals surface area contributed by atoms with Gasteiger partial charge in [0.25, 0.3) is 0 Å². The largest absolute Gasteiger partial charge is 0.342 e. The lowest BCUT2D eigenvalue weighted by atomic mass is 9.98. The van der Waals surface area contributed by atoms with Crippen LogP contribution >= 0.6 is 0 Å². The van der Waals surface area contributed by atoms with Crippen LogP contribution in [0.15, 0.2) is 24.3 Å². The summed E-state index contributed by atoms with van der Waals surface area (Å²) in [4.78, 5) is 7.30. The molecule has 114 valence electrons. The van der Waals surface area contributed by atoms with Crippen molar-refractivity contribution in [2.24, 2.45) is 13.0 Å². The average molecular weight is 286 g/mol. The molecule has 1 N–H and O–H groups in total. The smallest absolute Gasteiger partial charge is 0.206 e. The van der Waals surface area contributed by atoms with Gasteiger partial charge in [0, 0.05) is 20.1 Å². The van der Waals surface area contributed by atoms with Crippen molar-refractivity contribution in [1.82, 2.24) is 14.9 Å². The summed E-state index contributed by atoms with van der Waals surface area (Å²) in [7, 11) is 2.13. The summed E-state index contributed by atoms with van der Waals surface area (Å²) in [6.45, 7) is 6.73. The van der Waals surface area contributed by atoms with Crippen molar-refractivity contribution in [3.8, 4) is 0 Å². The maximum Gasteiger partial charge on any atom is 0.206 e. The summed E-state index contributed by atoms with van der Waals surface area (Å²) in [5.41, 5.74) is 2.32. The second kappa shape index (κ2) is 6.48. The molecular formula is C17H26N4. The maximum atomic E-state index is 4.84. The fourth-order valence-corrected chi connectivity index (χ4v) is 3.31. The Hall–Kier alpha value is -1.55. The Morgan fingerprint density at radius 1 is 1.33 bits per heavy atom. The molecule has 21 heavy (non-hydrogen) atoms. The van der Waals surface area contributed by atoms with E-state index in [1.807, 2.05) is 0 Å². The molecule has 0 amide bonds. The Balaban J connectivity index is 1.74. The van der Waals surface area contributed by atoms with Crippen LogP contribution in [0.1, 0.15) is 26.2 Å². The Bertz CT molecular complexity index is 589. The molecule has 1 unspecified atom stereocenters. The molecule has 1 aliphatic rings. The predicted molar refractivity (Wildman–Crippen MR) is 88.8 cm³/mol. The normalized spacial score (nSPS) is 19.3. The molecule has 1 fully saturated rings. The van der Waals surface area contributed by atoms with E-state index in [9.17, 15) is 0 Å². The summed E-state index contributed by atoms with van der Waals surface area (Å²) in [6, 6.07) is 8.40. The highest BCUT2D eigenvalue weighted by Gasteiger charge is 2.23. The predicted octanol–water partition coefficient (Wildman–Crippen LogP) is 2.79. The minimum atomic E-state index is 0.741. The molecule has 3 rings (SSSR count). The van der Waals surface area contributed by atoms with Gasteiger partial charge in [-0.05, 0) is 50.4 Å². The molecule has 1 aromatic carbocycles. The van der Waals surface area contributed by atoms with Crippen LogP contribution < -0.4 is 10.2 Å². The highest BCUT2D eigenvalue weighted by molar-refractivity contribution is 5.78. The van der Waals surface area contributed by atoms with E-state index >= 15 is 0 Å². The number of nitrogens with zero attached hydrogens (tertiary/aromatic N) is 3. The van der Waals surface area contributed by atoms with Gasteiger partial charge in [-0.2, -0.15) is 0 Å². The Kier molecular flexibility index (Phi) is 4.44. The van der Waals surface area contributed by atoms with E-state index in [0.717, 1.165) is 43.6 Å². The average Bonchev–Trinajstić information content (AvgIpc) is 2.86. The molecule has 1 atom stereocenters. The zero-order chi connectivity index (χ0) is 14.7. The molecule has 0 radical (unpaired) electrons. The number of aromatic nitrogens is 2. The van der Waals surface area contributed by atoms with E-state index in [0.29, 0.717) is 0 Å². The van der Waals surface area contributed by atoms with Gasteiger partial charge in [0.05, 0.1) is 11.0 Å². The van der Waals surface area contributed by atoms with E-state index in [-0.39, 0.29) is 0 Å². The van der Waals surface area contributed by atoms with E-state index < -0.39 is 0 Å². The number of aryl methyl sites for hydroxylation is 1. The Morgan fingerprint density at radius 2 is 2.19 bits per heavy atom.